The summed E-state index contributed by atoms with van der Waals surface area (Å²) in [4.78, 5) is 17.9. The highest BCUT2D eigenvalue weighted by Crippen LogP contribution is 2.31. The van der Waals surface area contributed by atoms with E-state index >= 15 is 0 Å². The predicted octanol–water partition coefficient (Wildman–Crippen LogP) is 2.03. The van der Waals surface area contributed by atoms with Crippen molar-refractivity contribution in [3.05, 3.63) is 39.2 Å². The molecule has 1 fully saturated rings. The average molecular weight is 313 g/mol. The molecule has 1 saturated heterocycles. The molecule has 0 bridgehead atoms. The molecule has 0 atom stereocenters. The summed E-state index contributed by atoms with van der Waals surface area (Å²) in [6.45, 7) is 7.55. The van der Waals surface area contributed by atoms with Gasteiger partial charge in [0, 0.05) is 37.1 Å². The van der Waals surface area contributed by atoms with E-state index < -0.39 is 0 Å². The summed E-state index contributed by atoms with van der Waals surface area (Å²) in [5.41, 5.74) is 5.45. The largest absolute Gasteiger partial charge is 0.384 e. The number of aryl methyl sites for hydroxylation is 1. The Morgan fingerprint density at radius 2 is 2.09 bits per heavy atom. The van der Waals surface area contributed by atoms with Crippen LogP contribution in [-0.4, -0.2) is 42.7 Å². The molecule has 2 aliphatic rings. The van der Waals surface area contributed by atoms with Crippen LogP contribution in [-0.2, 0) is 17.7 Å². The van der Waals surface area contributed by atoms with Crippen LogP contribution in [0.1, 0.15) is 23.1 Å². The molecule has 5 nitrogen and oxygen atoms in total. The number of anilines is 1. The summed E-state index contributed by atoms with van der Waals surface area (Å²) in [5, 5.41) is 4.61. The Morgan fingerprint density at radius 3 is 2.91 bits per heavy atom. The maximum Gasteiger partial charge on any atom is 0.253 e. The zero-order valence-electron chi connectivity index (χ0n) is 13.6. The van der Waals surface area contributed by atoms with Gasteiger partial charge in [-0.25, -0.2) is 0 Å². The molecule has 0 saturated carbocycles. The summed E-state index contributed by atoms with van der Waals surface area (Å²) in [7, 11) is 0. The molecular formula is C18H23N3O2. The number of fused-ring (bicyclic) bond motifs is 3. The number of nitrogens with zero attached hydrogens (tertiary/aromatic N) is 1. The van der Waals surface area contributed by atoms with Crippen molar-refractivity contribution < 1.29 is 4.74 Å². The molecular weight excluding hydrogens is 290 g/mol. The highest BCUT2D eigenvalue weighted by molar-refractivity contribution is 5.96. The van der Waals surface area contributed by atoms with Crippen molar-refractivity contribution in [2.24, 2.45) is 0 Å². The van der Waals surface area contributed by atoms with Crippen molar-refractivity contribution in [2.45, 2.75) is 26.3 Å². The molecule has 2 aliphatic heterocycles. The van der Waals surface area contributed by atoms with Gasteiger partial charge in [-0.2, -0.15) is 0 Å². The van der Waals surface area contributed by atoms with Crippen molar-refractivity contribution in [3.63, 3.8) is 0 Å². The Bertz CT molecular complexity index is 791. The fourth-order valence-corrected chi connectivity index (χ4v) is 3.78. The molecule has 1 aromatic heterocycles. The lowest BCUT2D eigenvalue weighted by Gasteiger charge is -2.27. The van der Waals surface area contributed by atoms with E-state index in [0.717, 1.165) is 69.0 Å². The van der Waals surface area contributed by atoms with E-state index in [4.69, 9.17) is 4.74 Å². The topological polar surface area (TPSA) is 57.4 Å². The molecule has 0 amide bonds. The Labute approximate surface area is 135 Å². The van der Waals surface area contributed by atoms with Crippen LogP contribution in [0.3, 0.4) is 0 Å². The maximum absolute atomic E-state index is 12.4. The first-order valence-electron chi connectivity index (χ1n) is 8.45. The highest BCUT2D eigenvalue weighted by atomic mass is 16.5. The van der Waals surface area contributed by atoms with Gasteiger partial charge in [-0.15, -0.1) is 0 Å². The summed E-state index contributed by atoms with van der Waals surface area (Å²) in [6.07, 6.45) is 1.89. The third-order valence-electron chi connectivity index (χ3n) is 4.88. The van der Waals surface area contributed by atoms with E-state index in [0.29, 0.717) is 0 Å². The number of pyridine rings is 1. The third-order valence-corrected chi connectivity index (χ3v) is 4.88. The first-order chi connectivity index (χ1) is 11.2. The van der Waals surface area contributed by atoms with Gasteiger partial charge in [-0.3, -0.25) is 9.69 Å². The average Bonchev–Trinajstić information content (AvgIpc) is 2.55. The molecule has 0 radical (unpaired) electrons. The number of nitrogens with one attached hydrogen (secondary N) is 2. The monoisotopic (exact) mass is 313 g/mol. The van der Waals surface area contributed by atoms with Crippen LogP contribution in [0.5, 0.6) is 0 Å². The van der Waals surface area contributed by atoms with Crippen LogP contribution in [0.25, 0.3) is 10.9 Å². The molecule has 2 N–H and O–H groups in total. The van der Waals surface area contributed by atoms with E-state index in [1.165, 1.54) is 16.5 Å². The SMILES string of the molecule is Cc1cc(CN2CCOCC2)cc2[nH]c(=O)c3c(c12)NCCC3. The number of ether oxygens (including phenoxy) is 1. The standard InChI is InChI=1S/C18H23N3O2/c1-12-9-13(11-21-5-7-23-8-6-21)10-15-16(12)17-14(18(22)20-15)3-2-4-19-17/h9-10,19H,2-8,11H2,1H3,(H,20,22). The fraction of sp³-hybridized carbons (Fsp3) is 0.500. The van der Waals surface area contributed by atoms with Gasteiger partial charge in [0.1, 0.15) is 0 Å². The molecule has 4 rings (SSSR count). The van der Waals surface area contributed by atoms with Crippen LogP contribution < -0.4 is 10.9 Å². The van der Waals surface area contributed by atoms with Crippen LogP contribution >= 0.6 is 0 Å². The minimum atomic E-state index is 0.0580. The third kappa shape index (κ3) is 2.75. The zero-order chi connectivity index (χ0) is 15.8. The van der Waals surface area contributed by atoms with E-state index in [1.807, 2.05) is 0 Å². The van der Waals surface area contributed by atoms with Crippen molar-refractivity contribution in [1.82, 2.24) is 9.88 Å². The number of benzene rings is 1. The summed E-state index contributed by atoms with van der Waals surface area (Å²) >= 11 is 0. The van der Waals surface area contributed by atoms with Gasteiger partial charge >= 0.3 is 0 Å². The number of morpholine rings is 1. The Morgan fingerprint density at radius 1 is 1.26 bits per heavy atom. The van der Waals surface area contributed by atoms with Gasteiger partial charge in [0.25, 0.3) is 5.56 Å². The predicted molar refractivity (Wildman–Crippen MR) is 92.2 cm³/mol. The summed E-state index contributed by atoms with van der Waals surface area (Å²) in [6, 6.07) is 4.39. The second-order valence-corrected chi connectivity index (χ2v) is 6.56. The Kier molecular flexibility index (Phi) is 3.83. The van der Waals surface area contributed by atoms with Crippen molar-refractivity contribution in [1.29, 1.82) is 0 Å². The molecule has 0 spiro atoms. The lowest BCUT2D eigenvalue weighted by molar-refractivity contribution is 0.0342. The van der Waals surface area contributed by atoms with Gasteiger partial charge in [0.05, 0.1) is 24.4 Å². The van der Waals surface area contributed by atoms with Gasteiger partial charge in [-0.05, 0) is 37.0 Å². The minimum absolute atomic E-state index is 0.0580. The van der Waals surface area contributed by atoms with Gasteiger partial charge < -0.3 is 15.0 Å². The van der Waals surface area contributed by atoms with Gasteiger partial charge in [0.2, 0.25) is 0 Å². The maximum atomic E-state index is 12.4. The first kappa shape index (κ1) is 14.7. The van der Waals surface area contributed by atoms with Crippen LogP contribution in [0.4, 0.5) is 5.69 Å². The quantitative estimate of drug-likeness (QED) is 0.891. The van der Waals surface area contributed by atoms with E-state index in [-0.39, 0.29) is 5.56 Å². The van der Waals surface area contributed by atoms with Crippen molar-refractivity contribution in [3.8, 4) is 0 Å². The second kappa shape index (κ2) is 5.98. The molecule has 0 unspecified atom stereocenters. The molecule has 2 aromatic rings. The number of aromatic amines is 1. The zero-order valence-corrected chi connectivity index (χ0v) is 13.6. The number of hydrogen-bond donors (Lipinski definition) is 2. The van der Waals surface area contributed by atoms with Gasteiger partial charge in [0.15, 0.2) is 0 Å². The van der Waals surface area contributed by atoms with Crippen LogP contribution in [0.15, 0.2) is 16.9 Å². The molecule has 0 aliphatic carbocycles. The second-order valence-electron chi connectivity index (χ2n) is 6.56. The Hall–Kier alpha value is -1.85. The molecule has 122 valence electrons. The van der Waals surface area contributed by atoms with E-state index in [1.54, 1.807) is 0 Å². The number of aromatic nitrogens is 1. The lowest BCUT2D eigenvalue weighted by Crippen LogP contribution is -2.35. The molecule has 1 aromatic carbocycles. The molecule has 5 heteroatoms. The van der Waals surface area contributed by atoms with E-state index in [9.17, 15) is 4.79 Å². The minimum Gasteiger partial charge on any atom is -0.384 e. The first-order valence-corrected chi connectivity index (χ1v) is 8.45. The van der Waals surface area contributed by atoms with Crippen LogP contribution in [0.2, 0.25) is 0 Å². The normalized spacial score (nSPS) is 18.7. The molecule has 23 heavy (non-hydrogen) atoms. The number of rotatable bonds is 2. The summed E-state index contributed by atoms with van der Waals surface area (Å²) < 4.78 is 5.41. The summed E-state index contributed by atoms with van der Waals surface area (Å²) in [5.74, 6) is 0. The Balaban J connectivity index is 1.76. The van der Waals surface area contributed by atoms with Gasteiger partial charge in [-0.1, -0.05) is 6.07 Å². The van der Waals surface area contributed by atoms with Crippen molar-refractivity contribution in [2.75, 3.05) is 38.2 Å². The van der Waals surface area contributed by atoms with E-state index in [2.05, 4.69) is 34.3 Å². The van der Waals surface area contributed by atoms with Crippen molar-refractivity contribution >= 4 is 16.6 Å². The fourth-order valence-electron chi connectivity index (χ4n) is 3.78. The lowest BCUT2D eigenvalue weighted by atomic mass is 9.97. The highest BCUT2D eigenvalue weighted by Gasteiger charge is 2.18. The molecule has 3 heterocycles. The van der Waals surface area contributed by atoms with Crippen LogP contribution in [0, 0.1) is 6.92 Å². The number of H-pyrrole nitrogens is 1. The number of hydrogen-bond acceptors (Lipinski definition) is 4. The smallest absolute Gasteiger partial charge is 0.253 e.